The molecule has 9 heteroatoms. The number of benzene rings is 1. The zero-order chi connectivity index (χ0) is 14.0. The highest BCUT2D eigenvalue weighted by molar-refractivity contribution is 9.10. The molecule has 0 saturated carbocycles. The molecule has 0 aliphatic heterocycles. The van der Waals surface area contributed by atoms with Gasteiger partial charge in [0, 0.05) is 21.8 Å². The van der Waals surface area contributed by atoms with E-state index in [9.17, 15) is 26.3 Å². The van der Waals surface area contributed by atoms with E-state index in [1.165, 1.54) is 12.1 Å². The number of ether oxygens (including phenoxy) is 1. The Morgan fingerprint density at radius 2 is 1.56 bits per heavy atom. The Balaban J connectivity index is 2.81. The molecule has 0 aromatic heterocycles. The van der Waals surface area contributed by atoms with Gasteiger partial charge in [-0.25, -0.2) is 4.39 Å². The van der Waals surface area contributed by atoms with Crippen molar-refractivity contribution >= 4 is 21.8 Å². The second-order valence-electron chi connectivity index (χ2n) is 3.19. The lowest BCUT2D eigenvalue weighted by Crippen LogP contribution is -2.45. The minimum absolute atomic E-state index is 0.457. The molecule has 0 aliphatic carbocycles. The van der Waals surface area contributed by atoms with Crippen LogP contribution >= 0.6 is 16.1 Å². The van der Waals surface area contributed by atoms with Gasteiger partial charge in [-0.2, -0.15) is 22.0 Å². The van der Waals surface area contributed by atoms with Crippen LogP contribution in [0.2, 0.25) is 0 Å². The highest BCUT2D eigenvalue weighted by Crippen LogP contribution is 2.36. The van der Waals surface area contributed by atoms with Gasteiger partial charge < -0.3 is 9.08 Å². The van der Waals surface area contributed by atoms with Crippen LogP contribution < -0.4 is 9.08 Å². The SMILES string of the molecule is FC(C(F)(F)F)C(F)(F)Oc1ccc(NBr)cc1. The fraction of sp³-hybridized carbons (Fsp3) is 0.333. The van der Waals surface area contributed by atoms with E-state index in [1.807, 2.05) is 0 Å². The molecule has 2 nitrogen and oxygen atoms in total. The largest absolute Gasteiger partial charge is 0.439 e. The van der Waals surface area contributed by atoms with Gasteiger partial charge in [-0.15, -0.1) is 0 Å². The van der Waals surface area contributed by atoms with E-state index in [-0.39, 0.29) is 0 Å². The number of hydrogen-bond donors (Lipinski definition) is 1. The first-order valence-corrected chi connectivity index (χ1v) is 5.20. The number of hydrogen-bond acceptors (Lipinski definition) is 2. The van der Waals surface area contributed by atoms with Crippen LogP contribution in [0.3, 0.4) is 0 Å². The predicted molar refractivity (Wildman–Crippen MR) is 55.5 cm³/mol. The zero-order valence-electron chi connectivity index (χ0n) is 8.44. The van der Waals surface area contributed by atoms with Crippen molar-refractivity contribution < 1.29 is 31.1 Å². The standard InChI is InChI=1S/C9H6BrF6NO/c10-17-5-1-3-6(4-2-5)18-9(15,16)7(11)8(12,13)14/h1-4,7,17H. The van der Waals surface area contributed by atoms with E-state index in [0.29, 0.717) is 5.69 Å². The molecule has 1 rings (SSSR count). The summed E-state index contributed by atoms with van der Waals surface area (Å²) in [5.74, 6) is -0.585. The van der Waals surface area contributed by atoms with Gasteiger partial charge in [0.1, 0.15) is 5.75 Å². The van der Waals surface area contributed by atoms with Crippen molar-refractivity contribution in [3.8, 4) is 5.75 Å². The number of alkyl halides is 6. The molecule has 0 bridgehead atoms. The number of anilines is 1. The van der Waals surface area contributed by atoms with Crippen LogP contribution in [0.15, 0.2) is 24.3 Å². The van der Waals surface area contributed by atoms with Crippen LogP contribution in [0, 0.1) is 0 Å². The molecule has 0 fully saturated rings. The summed E-state index contributed by atoms with van der Waals surface area (Å²) in [4.78, 5) is 0. The molecule has 1 aromatic rings. The molecule has 0 amide bonds. The summed E-state index contributed by atoms with van der Waals surface area (Å²) in [6.45, 7) is 0. The molecule has 1 atom stereocenters. The topological polar surface area (TPSA) is 21.3 Å². The normalized spacial score (nSPS) is 14.2. The van der Waals surface area contributed by atoms with Crippen molar-refractivity contribution in [3.63, 3.8) is 0 Å². The smallest absolute Gasteiger partial charge is 0.430 e. The Hall–Kier alpha value is -1.12. The van der Waals surface area contributed by atoms with Crippen LogP contribution in [0.4, 0.5) is 32.0 Å². The lowest BCUT2D eigenvalue weighted by atomic mass is 10.3. The average molecular weight is 338 g/mol. The summed E-state index contributed by atoms with van der Waals surface area (Å²) >= 11 is 2.85. The minimum atomic E-state index is -5.69. The predicted octanol–water partition coefficient (Wildman–Crippen LogP) is 4.28. The third-order valence-corrected chi connectivity index (χ3v) is 2.26. The van der Waals surface area contributed by atoms with E-state index in [4.69, 9.17) is 0 Å². The summed E-state index contributed by atoms with van der Waals surface area (Å²) in [5, 5.41) is 0. The first kappa shape index (κ1) is 14.9. The highest BCUT2D eigenvalue weighted by Gasteiger charge is 2.59. The average Bonchev–Trinajstić information content (AvgIpc) is 2.27. The number of nitrogens with one attached hydrogen (secondary N) is 1. The molecular formula is C9H6BrF6NO. The molecule has 0 spiro atoms. The summed E-state index contributed by atoms with van der Waals surface area (Å²) in [6.07, 6.45) is -15.1. The maximum absolute atomic E-state index is 12.8. The molecule has 0 heterocycles. The Morgan fingerprint density at radius 3 is 1.94 bits per heavy atom. The van der Waals surface area contributed by atoms with E-state index in [2.05, 4.69) is 25.2 Å². The molecular weight excluding hydrogens is 332 g/mol. The molecule has 18 heavy (non-hydrogen) atoms. The fourth-order valence-corrected chi connectivity index (χ4v) is 1.25. The van der Waals surface area contributed by atoms with Crippen molar-refractivity contribution in [2.24, 2.45) is 0 Å². The third kappa shape index (κ3) is 3.69. The van der Waals surface area contributed by atoms with Gasteiger partial charge in [-0.1, -0.05) is 0 Å². The minimum Gasteiger partial charge on any atom is -0.430 e. The van der Waals surface area contributed by atoms with Gasteiger partial charge in [0.2, 0.25) is 0 Å². The second-order valence-corrected chi connectivity index (χ2v) is 3.58. The summed E-state index contributed by atoms with van der Waals surface area (Å²) in [7, 11) is 0. The van der Waals surface area contributed by atoms with Crippen LogP contribution in [0.25, 0.3) is 0 Å². The molecule has 0 saturated heterocycles. The lowest BCUT2D eigenvalue weighted by Gasteiger charge is -2.23. The highest BCUT2D eigenvalue weighted by atomic mass is 79.9. The fourth-order valence-electron chi connectivity index (χ4n) is 0.985. The summed E-state index contributed by atoms with van der Waals surface area (Å²) in [6, 6.07) is 4.45. The van der Waals surface area contributed by atoms with E-state index in [0.717, 1.165) is 12.1 Å². The van der Waals surface area contributed by atoms with Crippen molar-refractivity contribution in [3.05, 3.63) is 24.3 Å². The molecule has 1 aromatic carbocycles. The van der Waals surface area contributed by atoms with Gasteiger partial charge in [-0.05, 0) is 24.3 Å². The van der Waals surface area contributed by atoms with Gasteiger partial charge >= 0.3 is 12.3 Å². The summed E-state index contributed by atoms with van der Waals surface area (Å²) < 4.78 is 79.8. The molecule has 0 aliphatic rings. The lowest BCUT2D eigenvalue weighted by molar-refractivity contribution is -0.304. The first-order valence-electron chi connectivity index (χ1n) is 4.41. The van der Waals surface area contributed by atoms with E-state index < -0.39 is 24.2 Å². The van der Waals surface area contributed by atoms with Crippen LogP contribution in [0.1, 0.15) is 0 Å². The Labute approximate surface area is 106 Å². The number of halogens is 7. The molecule has 102 valence electrons. The zero-order valence-corrected chi connectivity index (χ0v) is 10.0. The van der Waals surface area contributed by atoms with Crippen LogP contribution in [0.5, 0.6) is 5.75 Å². The van der Waals surface area contributed by atoms with Gasteiger partial charge in [0.15, 0.2) is 0 Å². The van der Waals surface area contributed by atoms with Gasteiger partial charge in [0.25, 0.3) is 6.17 Å². The monoisotopic (exact) mass is 337 g/mol. The van der Waals surface area contributed by atoms with Gasteiger partial charge in [-0.3, -0.25) is 0 Å². The van der Waals surface area contributed by atoms with Crippen molar-refractivity contribution in [2.75, 3.05) is 4.34 Å². The maximum Gasteiger partial charge on any atom is 0.439 e. The molecule has 0 radical (unpaired) electrons. The van der Waals surface area contributed by atoms with Crippen molar-refractivity contribution in [1.29, 1.82) is 0 Å². The van der Waals surface area contributed by atoms with Gasteiger partial charge in [0.05, 0.1) is 0 Å². The second kappa shape index (κ2) is 5.25. The van der Waals surface area contributed by atoms with E-state index in [1.54, 1.807) is 0 Å². The van der Waals surface area contributed by atoms with Crippen LogP contribution in [-0.2, 0) is 0 Å². The molecule has 1 N–H and O–H groups in total. The maximum atomic E-state index is 12.8. The number of rotatable bonds is 4. The Bertz CT molecular complexity index is 393. The Morgan fingerprint density at radius 1 is 1.06 bits per heavy atom. The first-order chi connectivity index (χ1) is 8.16. The van der Waals surface area contributed by atoms with Crippen molar-refractivity contribution in [1.82, 2.24) is 0 Å². The van der Waals surface area contributed by atoms with Crippen molar-refractivity contribution in [2.45, 2.75) is 18.5 Å². The van der Waals surface area contributed by atoms with E-state index >= 15 is 0 Å². The third-order valence-electron chi connectivity index (χ3n) is 1.80. The quantitative estimate of drug-likeness (QED) is 0.654. The summed E-state index contributed by atoms with van der Waals surface area (Å²) in [5.41, 5.74) is 0.457. The molecule has 1 unspecified atom stereocenters. The Kier molecular flexibility index (Phi) is 4.36. The van der Waals surface area contributed by atoms with Crippen LogP contribution in [-0.4, -0.2) is 18.5 Å².